The number of sulfone groups is 1. The minimum Gasteiger partial charge on any atom is -0.353 e. The lowest BCUT2D eigenvalue weighted by molar-refractivity contribution is -0.126. The summed E-state index contributed by atoms with van der Waals surface area (Å²) in [6, 6.07) is 4.28. The highest BCUT2D eigenvalue weighted by Crippen LogP contribution is 2.21. The van der Waals surface area contributed by atoms with E-state index in [4.69, 9.17) is 0 Å². The Morgan fingerprint density at radius 2 is 1.68 bits per heavy atom. The van der Waals surface area contributed by atoms with Crippen molar-refractivity contribution in [1.29, 1.82) is 0 Å². The molecule has 9 heteroatoms. The number of carbonyl (C=O) groups excluding carboxylic acids is 1. The number of sulfonamides is 1. The van der Waals surface area contributed by atoms with Crippen LogP contribution in [0.1, 0.15) is 13.8 Å². The first-order chi connectivity index (χ1) is 10.2. The fourth-order valence-corrected chi connectivity index (χ4v) is 4.69. The predicted molar refractivity (Wildman–Crippen MR) is 80.5 cm³/mol. The van der Waals surface area contributed by atoms with Crippen molar-refractivity contribution in [3.63, 3.8) is 0 Å². The van der Waals surface area contributed by atoms with Gasteiger partial charge in [-0.1, -0.05) is 6.92 Å². The Hall–Kier alpha value is -1.45. The molecule has 2 rings (SSSR count). The van der Waals surface area contributed by atoms with Gasteiger partial charge in [0.25, 0.3) is 0 Å². The maximum Gasteiger partial charge on any atom is 0.243 e. The second-order valence-corrected chi connectivity index (χ2v) is 9.13. The van der Waals surface area contributed by atoms with Crippen LogP contribution < -0.4 is 5.32 Å². The van der Waals surface area contributed by atoms with Gasteiger partial charge in [0, 0.05) is 13.1 Å². The molecule has 1 amide bonds. The summed E-state index contributed by atoms with van der Waals surface area (Å²) < 4.78 is 49.8. The third-order valence-electron chi connectivity index (χ3n) is 3.61. The molecule has 22 heavy (non-hydrogen) atoms. The Bertz CT molecular complexity index is 769. The zero-order valence-electron chi connectivity index (χ0n) is 12.3. The third-order valence-corrected chi connectivity index (χ3v) is 7.35. The van der Waals surface area contributed by atoms with Crippen molar-refractivity contribution < 1.29 is 21.6 Å². The molecule has 0 bridgehead atoms. The van der Waals surface area contributed by atoms with Crippen molar-refractivity contribution >= 4 is 25.8 Å². The topological polar surface area (TPSA) is 101 Å². The summed E-state index contributed by atoms with van der Waals surface area (Å²) in [6.45, 7) is 3.48. The molecule has 1 fully saturated rings. The fraction of sp³-hybridized carbons (Fsp3) is 0.462. The van der Waals surface area contributed by atoms with Crippen LogP contribution in [-0.2, 0) is 24.7 Å². The second kappa shape index (κ2) is 5.98. The molecule has 1 aromatic rings. The van der Waals surface area contributed by atoms with Crippen LogP contribution in [-0.4, -0.2) is 51.9 Å². The molecule has 1 aliphatic heterocycles. The quantitative estimate of drug-likeness (QED) is 0.826. The Balaban J connectivity index is 2.36. The van der Waals surface area contributed by atoms with E-state index in [0.29, 0.717) is 0 Å². The van der Waals surface area contributed by atoms with Crippen LogP contribution in [0.5, 0.6) is 0 Å². The average molecular weight is 346 g/mol. The number of hydrogen-bond acceptors (Lipinski definition) is 5. The molecule has 0 spiro atoms. The van der Waals surface area contributed by atoms with Gasteiger partial charge in [0.1, 0.15) is 6.04 Å². The lowest BCUT2D eigenvalue weighted by atomic mass is 10.2. The Morgan fingerprint density at radius 1 is 1.14 bits per heavy atom. The van der Waals surface area contributed by atoms with Crippen LogP contribution in [0.2, 0.25) is 0 Å². The molecule has 1 saturated heterocycles. The number of rotatable bonds is 4. The summed E-state index contributed by atoms with van der Waals surface area (Å²) >= 11 is 0. The molecule has 0 aliphatic carbocycles. The molecular formula is C13H18N2O5S2. The Morgan fingerprint density at radius 3 is 2.23 bits per heavy atom. The first-order valence-electron chi connectivity index (χ1n) is 6.82. The van der Waals surface area contributed by atoms with E-state index in [9.17, 15) is 21.6 Å². The van der Waals surface area contributed by atoms with Crippen LogP contribution in [0, 0.1) is 0 Å². The van der Waals surface area contributed by atoms with Crippen molar-refractivity contribution in [3.8, 4) is 0 Å². The van der Waals surface area contributed by atoms with Gasteiger partial charge in [0.15, 0.2) is 9.84 Å². The SMILES string of the molecule is CCS(=O)(=O)c1ccc(S(=O)(=O)N2CCNC(=O)[C@H]2C)cc1. The molecule has 1 aliphatic rings. The van der Waals surface area contributed by atoms with Gasteiger partial charge in [-0.3, -0.25) is 4.79 Å². The third kappa shape index (κ3) is 3.01. The van der Waals surface area contributed by atoms with Crippen molar-refractivity contribution in [1.82, 2.24) is 9.62 Å². The van der Waals surface area contributed by atoms with Crippen LogP contribution in [0.4, 0.5) is 0 Å². The van der Waals surface area contributed by atoms with Crippen LogP contribution in [0.15, 0.2) is 34.1 Å². The summed E-state index contributed by atoms with van der Waals surface area (Å²) in [5.41, 5.74) is 0. The first kappa shape index (κ1) is 16.9. The summed E-state index contributed by atoms with van der Waals surface area (Å²) in [5, 5.41) is 2.60. The maximum absolute atomic E-state index is 12.6. The van der Waals surface area contributed by atoms with E-state index in [1.54, 1.807) is 0 Å². The van der Waals surface area contributed by atoms with E-state index >= 15 is 0 Å². The zero-order chi connectivity index (χ0) is 16.5. The second-order valence-electron chi connectivity index (χ2n) is 4.96. The highest BCUT2D eigenvalue weighted by molar-refractivity contribution is 7.91. The van der Waals surface area contributed by atoms with Crippen LogP contribution in [0.3, 0.4) is 0 Å². The van der Waals surface area contributed by atoms with E-state index in [2.05, 4.69) is 5.32 Å². The number of benzene rings is 1. The Labute approximate surface area is 130 Å². The highest BCUT2D eigenvalue weighted by Gasteiger charge is 2.35. The van der Waals surface area contributed by atoms with Crippen LogP contribution >= 0.6 is 0 Å². The van der Waals surface area contributed by atoms with E-state index < -0.39 is 25.9 Å². The van der Waals surface area contributed by atoms with Gasteiger partial charge in [-0.05, 0) is 31.2 Å². The largest absolute Gasteiger partial charge is 0.353 e. The molecule has 1 N–H and O–H groups in total. The molecule has 1 heterocycles. The van der Waals surface area contributed by atoms with E-state index in [1.807, 2.05) is 0 Å². The highest BCUT2D eigenvalue weighted by atomic mass is 32.2. The van der Waals surface area contributed by atoms with E-state index in [1.165, 1.54) is 38.1 Å². The summed E-state index contributed by atoms with van der Waals surface area (Å²) in [4.78, 5) is 11.7. The number of carbonyl (C=O) groups is 1. The molecule has 122 valence electrons. The number of piperazine rings is 1. The summed E-state index contributed by atoms with van der Waals surface area (Å²) in [7, 11) is -7.21. The summed E-state index contributed by atoms with van der Waals surface area (Å²) in [5.74, 6) is -0.400. The van der Waals surface area contributed by atoms with Gasteiger partial charge < -0.3 is 5.32 Å². The van der Waals surface area contributed by atoms with Gasteiger partial charge >= 0.3 is 0 Å². The molecule has 1 atom stereocenters. The molecule has 0 aromatic heterocycles. The lowest BCUT2D eigenvalue weighted by Gasteiger charge is -2.31. The van der Waals surface area contributed by atoms with Gasteiger partial charge in [-0.2, -0.15) is 4.31 Å². The lowest BCUT2D eigenvalue weighted by Crippen LogP contribution is -2.55. The van der Waals surface area contributed by atoms with E-state index in [-0.39, 0.29) is 34.5 Å². The number of nitrogens with one attached hydrogen (secondary N) is 1. The standard InChI is InChI=1S/C13H18N2O5S2/c1-3-21(17,18)11-4-6-12(7-5-11)22(19,20)15-9-8-14-13(16)10(15)2/h4-7,10H,3,8-9H2,1-2H3,(H,14,16)/t10-/m1/s1. The molecule has 1 aromatic carbocycles. The van der Waals surface area contributed by atoms with Gasteiger partial charge in [-0.15, -0.1) is 0 Å². The smallest absolute Gasteiger partial charge is 0.243 e. The zero-order valence-corrected chi connectivity index (χ0v) is 13.9. The van der Waals surface area contributed by atoms with Crippen molar-refractivity contribution in [2.24, 2.45) is 0 Å². The van der Waals surface area contributed by atoms with Gasteiger partial charge in [-0.25, -0.2) is 16.8 Å². The van der Waals surface area contributed by atoms with Crippen molar-refractivity contribution in [2.75, 3.05) is 18.8 Å². The maximum atomic E-state index is 12.6. The number of amides is 1. The van der Waals surface area contributed by atoms with Crippen LogP contribution in [0.25, 0.3) is 0 Å². The first-order valence-corrected chi connectivity index (χ1v) is 9.92. The monoisotopic (exact) mass is 346 g/mol. The Kier molecular flexibility index (Phi) is 4.59. The fourth-order valence-electron chi connectivity index (χ4n) is 2.21. The molecule has 7 nitrogen and oxygen atoms in total. The minimum absolute atomic E-state index is 0.0240. The number of hydrogen-bond donors (Lipinski definition) is 1. The minimum atomic E-state index is -3.84. The summed E-state index contributed by atoms with van der Waals surface area (Å²) in [6.07, 6.45) is 0. The normalized spacial score (nSPS) is 20.6. The van der Waals surface area contributed by atoms with E-state index in [0.717, 1.165) is 4.31 Å². The molecule has 0 saturated carbocycles. The molecule has 0 radical (unpaired) electrons. The predicted octanol–water partition coefficient (Wildman–Crippen LogP) is -0.0108. The number of nitrogens with zero attached hydrogens (tertiary/aromatic N) is 1. The molecular weight excluding hydrogens is 328 g/mol. The van der Waals surface area contributed by atoms with Crippen molar-refractivity contribution in [2.45, 2.75) is 29.7 Å². The van der Waals surface area contributed by atoms with Crippen molar-refractivity contribution in [3.05, 3.63) is 24.3 Å². The molecule has 0 unspecified atom stereocenters. The van der Waals surface area contributed by atoms with Gasteiger partial charge in [0.2, 0.25) is 15.9 Å². The average Bonchev–Trinajstić information content (AvgIpc) is 2.50. The van der Waals surface area contributed by atoms with Gasteiger partial charge in [0.05, 0.1) is 15.5 Å².